The van der Waals surface area contributed by atoms with Crippen molar-refractivity contribution in [2.24, 2.45) is 11.8 Å². The van der Waals surface area contributed by atoms with Gasteiger partial charge in [0.2, 0.25) is 0 Å². The van der Waals surface area contributed by atoms with E-state index in [1.54, 1.807) is 0 Å². The zero-order valence-corrected chi connectivity index (χ0v) is 12.5. The Balaban J connectivity index is 2.09. The van der Waals surface area contributed by atoms with Crippen molar-refractivity contribution in [3.05, 3.63) is 35.9 Å². The maximum Gasteiger partial charge on any atom is 0.391 e. The molecule has 1 aliphatic rings. The summed E-state index contributed by atoms with van der Waals surface area (Å²) in [6.07, 6.45) is -3.45. The van der Waals surface area contributed by atoms with Gasteiger partial charge in [-0.05, 0) is 25.5 Å². The lowest BCUT2D eigenvalue weighted by atomic mass is 9.73. The Bertz CT molecular complexity index is 447. The highest BCUT2D eigenvalue weighted by molar-refractivity contribution is 5.15. The van der Waals surface area contributed by atoms with Gasteiger partial charge >= 0.3 is 6.18 Å². The second-order valence-corrected chi connectivity index (χ2v) is 6.15. The van der Waals surface area contributed by atoms with Gasteiger partial charge in [-0.25, -0.2) is 0 Å². The van der Waals surface area contributed by atoms with Crippen molar-refractivity contribution < 1.29 is 13.2 Å². The van der Waals surface area contributed by atoms with Crippen LogP contribution >= 0.6 is 0 Å². The first kappa shape index (κ1) is 16.3. The molecular formula is C16H23F3N2. The molecule has 21 heavy (non-hydrogen) atoms. The Morgan fingerprint density at radius 1 is 1.33 bits per heavy atom. The minimum Gasteiger partial charge on any atom is -0.316 e. The lowest BCUT2D eigenvalue weighted by molar-refractivity contribution is -0.192. The van der Waals surface area contributed by atoms with Gasteiger partial charge < -0.3 is 10.6 Å². The van der Waals surface area contributed by atoms with E-state index < -0.39 is 23.6 Å². The molecule has 2 nitrogen and oxygen atoms in total. The van der Waals surface area contributed by atoms with Crippen LogP contribution in [0.2, 0.25) is 0 Å². The summed E-state index contributed by atoms with van der Waals surface area (Å²) < 4.78 is 39.3. The van der Waals surface area contributed by atoms with E-state index in [9.17, 15) is 13.2 Å². The predicted molar refractivity (Wildman–Crippen MR) is 77.9 cm³/mol. The molecule has 2 rings (SSSR count). The summed E-state index contributed by atoms with van der Waals surface area (Å²) in [6, 6.07) is 9.79. The van der Waals surface area contributed by atoms with E-state index in [2.05, 4.69) is 10.6 Å². The standard InChI is InChI=1S/C16H23F3N2/c1-12(16(17,18)19)14-11-20-9-8-15(14,2)21-10-13-6-4-3-5-7-13/h3-7,12,14,20-21H,8-11H2,1-2H3. The van der Waals surface area contributed by atoms with E-state index in [1.807, 2.05) is 37.3 Å². The summed E-state index contributed by atoms with van der Waals surface area (Å²) in [6.45, 7) is 4.96. The quantitative estimate of drug-likeness (QED) is 0.891. The average Bonchev–Trinajstić information content (AvgIpc) is 2.45. The van der Waals surface area contributed by atoms with Gasteiger partial charge in [-0.15, -0.1) is 0 Å². The van der Waals surface area contributed by atoms with Gasteiger partial charge in [0.25, 0.3) is 0 Å². The number of alkyl halides is 3. The monoisotopic (exact) mass is 300 g/mol. The molecule has 0 saturated carbocycles. The van der Waals surface area contributed by atoms with Crippen molar-refractivity contribution in [2.45, 2.75) is 38.5 Å². The Morgan fingerprint density at radius 2 is 2.00 bits per heavy atom. The SMILES string of the molecule is CC(C1CNCCC1(C)NCc1ccccc1)C(F)(F)F. The van der Waals surface area contributed by atoms with E-state index in [0.717, 1.165) is 12.1 Å². The molecule has 1 aromatic carbocycles. The van der Waals surface area contributed by atoms with Gasteiger partial charge in [0.15, 0.2) is 0 Å². The fourth-order valence-corrected chi connectivity index (χ4v) is 3.09. The molecule has 1 aromatic rings. The van der Waals surface area contributed by atoms with E-state index in [4.69, 9.17) is 0 Å². The fourth-order valence-electron chi connectivity index (χ4n) is 3.09. The first-order valence-corrected chi connectivity index (χ1v) is 7.39. The number of rotatable bonds is 4. The molecule has 1 heterocycles. The van der Waals surface area contributed by atoms with Crippen LogP contribution in [0.1, 0.15) is 25.8 Å². The normalized spacial score (nSPS) is 28.3. The minimum absolute atomic E-state index is 0.402. The molecule has 0 amide bonds. The summed E-state index contributed by atoms with van der Waals surface area (Å²) in [7, 11) is 0. The second kappa shape index (κ2) is 6.36. The van der Waals surface area contributed by atoms with Gasteiger partial charge in [0.1, 0.15) is 0 Å². The Kier molecular flexibility index (Phi) is 4.94. The molecule has 0 aromatic heterocycles. The van der Waals surface area contributed by atoms with Crippen molar-refractivity contribution in [3.8, 4) is 0 Å². The third-order valence-corrected chi connectivity index (χ3v) is 4.66. The first-order chi connectivity index (χ1) is 9.83. The third-order valence-electron chi connectivity index (χ3n) is 4.66. The van der Waals surface area contributed by atoms with Crippen LogP contribution in [0.5, 0.6) is 0 Å². The Labute approximate surface area is 124 Å². The van der Waals surface area contributed by atoms with Crippen LogP contribution in [0.15, 0.2) is 30.3 Å². The molecule has 0 bridgehead atoms. The van der Waals surface area contributed by atoms with Crippen LogP contribution in [-0.4, -0.2) is 24.8 Å². The van der Waals surface area contributed by atoms with Gasteiger partial charge in [-0.2, -0.15) is 13.2 Å². The number of nitrogens with one attached hydrogen (secondary N) is 2. The number of benzene rings is 1. The van der Waals surface area contributed by atoms with Crippen LogP contribution in [0, 0.1) is 11.8 Å². The molecule has 1 aliphatic heterocycles. The van der Waals surface area contributed by atoms with Crippen LogP contribution in [-0.2, 0) is 6.54 Å². The summed E-state index contributed by atoms with van der Waals surface area (Å²) in [5.41, 5.74) is 0.589. The summed E-state index contributed by atoms with van der Waals surface area (Å²) in [5, 5.41) is 6.48. The Hall–Kier alpha value is -1.07. The number of piperidine rings is 1. The summed E-state index contributed by atoms with van der Waals surface area (Å²) in [4.78, 5) is 0. The molecular weight excluding hydrogens is 277 g/mol. The van der Waals surface area contributed by atoms with Gasteiger partial charge in [-0.1, -0.05) is 37.3 Å². The molecule has 2 N–H and O–H groups in total. The molecule has 1 fully saturated rings. The van der Waals surface area contributed by atoms with E-state index in [0.29, 0.717) is 19.5 Å². The summed E-state index contributed by atoms with van der Waals surface area (Å²) in [5.74, 6) is -1.78. The smallest absolute Gasteiger partial charge is 0.316 e. The zero-order chi connectivity index (χ0) is 15.5. The van der Waals surface area contributed by atoms with Crippen molar-refractivity contribution >= 4 is 0 Å². The van der Waals surface area contributed by atoms with Gasteiger partial charge in [0.05, 0.1) is 5.92 Å². The average molecular weight is 300 g/mol. The summed E-state index contributed by atoms with van der Waals surface area (Å²) >= 11 is 0. The van der Waals surface area contributed by atoms with Gasteiger partial charge in [-0.3, -0.25) is 0 Å². The molecule has 0 spiro atoms. The van der Waals surface area contributed by atoms with Crippen molar-refractivity contribution in [1.82, 2.24) is 10.6 Å². The van der Waals surface area contributed by atoms with Gasteiger partial charge in [0, 0.05) is 24.5 Å². The number of hydrogen-bond donors (Lipinski definition) is 2. The molecule has 5 heteroatoms. The topological polar surface area (TPSA) is 24.1 Å². The van der Waals surface area contributed by atoms with E-state index in [-0.39, 0.29) is 0 Å². The highest BCUT2D eigenvalue weighted by Gasteiger charge is 2.49. The maximum atomic E-state index is 13.1. The van der Waals surface area contributed by atoms with Crippen LogP contribution in [0.25, 0.3) is 0 Å². The van der Waals surface area contributed by atoms with Crippen LogP contribution in [0.4, 0.5) is 13.2 Å². The van der Waals surface area contributed by atoms with Crippen molar-refractivity contribution in [1.29, 1.82) is 0 Å². The third kappa shape index (κ3) is 3.98. The van der Waals surface area contributed by atoms with Crippen molar-refractivity contribution in [3.63, 3.8) is 0 Å². The first-order valence-electron chi connectivity index (χ1n) is 7.39. The molecule has 3 unspecified atom stereocenters. The Morgan fingerprint density at radius 3 is 2.62 bits per heavy atom. The lowest BCUT2D eigenvalue weighted by Gasteiger charge is -2.46. The number of hydrogen-bond acceptors (Lipinski definition) is 2. The molecule has 0 aliphatic carbocycles. The van der Waals surface area contributed by atoms with E-state index >= 15 is 0 Å². The van der Waals surface area contributed by atoms with E-state index in [1.165, 1.54) is 6.92 Å². The highest BCUT2D eigenvalue weighted by atomic mass is 19.4. The second-order valence-electron chi connectivity index (χ2n) is 6.15. The fraction of sp³-hybridized carbons (Fsp3) is 0.625. The molecule has 118 valence electrons. The highest BCUT2D eigenvalue weighted by Crippen LogP contribution is 2.39. The molecule has 1 saturated heterocycles. The van der Waals surface area contributed by atoms with Crippen LogP contribution < -0.4 is 10.6 Å². The predicted octanol–water partition coefficient (Wildman–Crippen LogP) is 3.34. The zero-order valence-electron chi connectivity index (χ0n) is 12.5. The van der Waals surface area contributed by atoms with Crippen molar-refractivity contribution in [2.75, 3.05) is 13.1 Å². The lowest BCUT2D eigenvalue weighted by Crippen LogP contribution is -2.60. The maximum absolute atomic E-state index is 13.1. The number of halogens is 3. The van der Waals surface area contributed by atoms with Crippen LogP contribution in [0.3, 0.4) is 0 Å². The largest absolute Gasteiger partial charge is 0.391 e. The molecule has 0 radical (unpaired) electrons. The minimum atomic E-state index is -4.15. The molecule has 3 atom stereocenters.